The highest BCUT2D eigenvalue weighted by molar-refractivity contribution is 7.91. The number of nitrogens with two attached hydrogens (primary N) is 1. The van der Waals surface area contributed by atoms with E-state index in [1.165, 1.54) is 48.6 Å². The molecule has 2 N–H and O–H groups in total. The Labute approximate surface area is 147 Å². The Balaban J connectivity index is 2.27. The Hall–Kier alpha value is -2.59. The van der Waals surface area contributed by atoms with E-state index < -0.39 is 20.6 Å². The number of rotatable bonds is 3. The largest absolute Gasteiger partial charge is 0.384 e. The first kappa shape index (κ1) is 17.2. The number of carbonyl (C=O) groups is 1. The summed E-state index contributed by atoms with van der Waals surface area (Å²) in [6, 6.07) is 0. The Kier molecular flexibility index (Phi) is 4.17. The van der Waals surface area contributed by atoms with Gasteiger partial charge in [0.2, 0.25) is 20.0 Å². The van der Waals surface area contributed by atoms with Crippen molar-refractivity contribution in [1.82, 2.24) is 13.8 Å². The van der Waals surface area contributed by atoms with Crippen LogP contribution < -0.4 is 11.3 Å². The molecule has 2 aromatic rings. The molecule has 1 aliphatic carbocycles. The minimum Gasteiger partial charge on any atom is -0.384 e. The van der Waals surface area contributed by atoms with Gasteiger partial charge in [-0.1, -0.05) is 12.2 Å². The van der Waals surface area contributed by atoms with E-state index in [1.807, 2.05) is 0 Å². The van der Waals surface area contributed by atoms with E-state index in [0.29, 0.717) is 5.57 Å². The van der Waals surface area contributed by atoms with E-state index in [9.17, 15) is 18.0 Å². The number of nitrogen functional groups attached to an aromatic ring is 1. The Morgan fingerprint density at radius 1 is 1.20 bits per heavy atom. The van der Waals surface area contributed by atoms with E-state index in [-0.39, 0.29) is 27.3 Å². The van der Waals surface area contributed by atoms with Crippen LogP contribution in [0.15, 0.2) is 39.8 Å². The van der Waals surface area contributed by atoms with Crippen LogP contribution in [0.5, 0.6) is 0 Å². The lowest BCUT2D eigenvalue weighted by Crippen LogP contribution is -2.21. The molecule has 0 spiro atoms. The van der Waals surface area contributed by atoms with Crippen LogP contribution in [0.2, 0.25) is 0 Å². The second-order valence-electron chi connectivity index (χ2n) is 5.61. The monoisotopic (exact) mass is 378 g/mol. The SMILES string of the molecule is CC(C)S(=O)(=O)c1nsc2nc(=O)c(C=C3C=CC(=O)C=C3)c(N)n12. The normalized spacial score (nSPS) is 14.7. The van der Waals surface area contributed by atoms with Crippen LogP contribution in [0.1, 0.15) is 19.4 Å². The number of carbonyl (C=O) groups excluding carboxylic acids is 1. The molecule has 0 saturated heterocycles. The van der Waals surface area contributed by atoms with E-state index in [1.54, 1.807) is 0 Å². The molecule has 25 heavy (non-hydrogen) atoms. The van der Waals surface area contributed by atoms with E-state index >= 15 is 0 Å². The number of fused-ring (bicyclic) bond motifs is 1. The Morgan fingerprint density at radius 2 is 1.84 bits per heavy atom. The maximum Gasteiger partial charge on any atom is 0.283 e. The van der Waals surface area contributed by atoms with Crippen LogP contribution >= 0.6 is 11.5 Å². The average Bonchev–Trinajstić information content (AvgIpc) is 2.97. The van der Waals surface area contributed by atoms with E-state index in [0.717, 1.165) is 11.5 Å². The fourth-order valence-electron chi connectivity index (χ4n) is 2.15. The minimum absolute atomic E-state index is 0.0385. The molecule has 10 heteroatoms. The third kappa shape index (κ3) is 2.94. The summed E-state index contributed by atoms with van der Waals surface area (Å²) in [4.78, 5) is 27.4. The molecule has 0 radical (unpaired) electrons. The first-order valence-corrected chi connectivity index (χ1v) is 9.57. The molecule has 0 aliphatic heterocycles. The van der Waals surface area contributed by atoms with Crippen molar-refractivity contribution < 1.29 is 13.2 Å². The maximum atomic E-state index is 12.5. The number of aromatic nitrogens is 3. The zero-order valence-corrected chi connectivity index (χ0v) is 15.0. The van der Waals surface area contributed by atoms with Gasteiger partial charge in [-0.3, -0.25) is 9.59 Å². The highest BCUT2D eigenvalue weighted by Gasteiger charge is 2.27. The second-order valence-corrected chi connectivity index (χ2v) is 8.73. The topological polar surface area (TPSA) is 124 Å². The molecule has 2 heterocycles. The summed E-state index contributed by atoms with van der Waals surface area (Å²) in [6.45, 7) is 3.06. The lowest BCUT2D eigenvalue weighted by atomic mass is 10.1. The summed E-state index contributed by atoms with van der Waals surface area (Å²) >= 11 is 0.791. The molecular formula is C15H14N4O4S2. The first-order chi connectivity index (χ1) is 11.7. The fraction of sp³-hybridized carbons (Fsp3) is 0.200. The Morgan fingerprint density at radius 3 is 2.44 bits per heavy atom. The maximum absolute atomic E-state index is 12.5. The number of nitrogens with zero attached hydrogens (tertiary/aromatic N) is 3. The molecule has 8 nitrogen and oxygen atoms in total. The van der Waals surface area contributed by atoms with Gasteiger partial charge in [0.25, 0.3) is 5.56 Å². The number of hydrogen-bond acceptors (Lipinski definition) is 8. The summed E-state index contributed by atoms with van der Waals surface area (Å²) in [6.07, 6.45) is 7.24. The Bertz CT molecular complexity index is 1120. The van der Waals surface area contributed by atoms with Crippen molar-refractivity contribution in [2.24, 2.45) is 0 Å². The van der Waals surface area contributed by atoms with Crippen molar-refractivity contribution in [1.29, 1.82) is 0 Å². The van der Waals surface area contributed by atoms with Gasteiger partial charge in [0.05, 0.1) is 10.8 Å². The first-order valence-electron chi connectivity index (χ1n) is 7.25. The molecule has 0 bridgehead atoms. The van der Waals surface area contributed by atoms with Gasteiger partial charge < -0.3 is 5.73 Å². The summed E-state index contributed by atoms with van der Waals surface area (Å²) < 4.78 is 30.0. The molecule has 130 valence electrons. The quantitative estimate of drug-likeness (QED) is 0.844. The van der Waals surface area contributed by atoms with Crippen molar-refractivity contribution in [3.05, 3.63) is 45.8 Å². The lowest BCUT2D eigenvalue weighted by Gasteiger charge is -2.09. The number of anilines is 1. The van der Waals surface area contributed by atoms with Crippen LogP contribution in [0.4, 0.5) is 5.82 Å². The molecule has 1 aliphatic rings. The van der Waals surface area contributed by atoms with Crippen molar-refractivity contribution >= 4 is 44.0 Å². The van der Waals surface area contributed by atoms with Crippen molar-refractivity contribution in [2.75, 3.05) is 5.73 Å². The zero-order valence-electron chi connectivity index (χ0n) is 13.3. The van der Waals surface area contributed by atoms with Gasteiger partial charge in [-0.05, 0) is 37.6 Å². The van der Waals surface area contributed by atoms with Crippen LogP contribution in [0.25, 0.3) is 11.0 Å². The number of sulfone groups is 1. The molecule has 0 atom stereocenters. The van der Waals surface area contributed by atoms with Gasteiger partial charge in [0.15, 0.2) is 5.78 Å². The second kappa shape index (κ2) is 6.05. The molecule has 0 aromatic carbocycles. The predicted octanol–water partition coefficient (Wildman–Crippen LogP) is 0.994. The summed E-state index contributed by atoms with van der Waals surface area (Å²) in [5.41, 5.74) is 6.08. The molecule has 0 saturated carbocycles. The van der Waals surface area contributed by atoms with Gasteiger partial charge >= 0.3 is 0 Å². The molecule has 2 aromatic heterocycles. The molecule has 0 fully saturated rings. The van der Waals surface area contributed by atoms with Crippen molar-refractivity contribution in [2.45, 2.75) is 24.3 Å². The van der Waals surface area contributed by atoms with Gasteiger partial charge in [0, 0.05) is 11.5 Å². The smallest absolute Gasteiger partial charge is 0.283 e. The number of hydrogen-bond donors (Lipinski definition) is 1. The molecule has 0 unspecified atom stereocenters. The van der Waals surface area contributed by atoms with Gasteiger partial charge in [-0.15, -0.1) is 0 Å². The van der Waals surface area contributed by atoms with Crippen molar-refractivity contribution in [3.8, 4) is 0 Å². The lowest BCUT2D eigenvalue weighted by molar-refractivity contribution is -0.110. The average molecular weight is 378 g/mol. The standard InChI is InChI=1S/C15H14N4O4S2/c1-8(2)25(22,23)15-18-24-14-17-13(21)11(12(16)19(14)15)7-9-3-5-10(20)6-4-9/h3-8H,16H2,1-2H3. The third-order valence-electron chi connectivity index (χ3n) is 3.60. The van der Waals surface area contributed by atoms with E-state index in [2.05, 4.69) is 9.36 Å². The highest BCUT2D eigenvalue weighted by atomic mass is 32.2. The summed E-state index contributed by atoms with van der Waals surface area (Å²) in [5.74, 6) is -0.225. The minimum atomic E-state index is -3.71. The van der Waals surface area contributed by atoms with Gasteiger partial charge in [-0.2, -0.15) is 9.36 Å². The summed E-state index contributed by atoms with van der Waals surface area (Å²) in [5, 5.41) is -0.939. The zero-order chi connectivity index (χ0) is 18.4. The number of ketones is 1. The van der Waals surface area contributed by atoms with Crippen LogP contribution in [0, 0.1) is 0 Å². The molecule has 3 rings (SSSR count). The third-order valence-corrected chi connectivity index (χ3v) is 6.44. The highest BCUT2D eigenvalue weighted by Crippen LogP contribution is 2.24. The van der Waals surface area contributed by atoms with Crippen LogP contribution in [0.3, 0.4) is 0 Å². The van der Waals surface area contributed by atoms with E-state index in [4.69, 9.17) is 5.73 Å². The molecule has 0 amide bonds. The predicted molar refractivity (Wildman–Crippen MR) is 95.1 cm³/mol. The van der Waals surface area contributed by atoms with Crippen LogP contribution in [-0.4, -0.2) is 33.2 Å². The number of allylic oxidation sites excluding steroid dienone is 5. The summed E-state index contributed by atoms with van der Waals surface area (Å²) in [7, 11) is -3.71. The van der Waals surface area contributed by atoms with Crippen LogP contribution in [-0.2, 0) is 14.6 Å². The van der Waals surface area contributed by atoms with Gasteiger partial charge in [0.1, 0.15) is 5.82 Å². The van der Waals surface area contributed by atoms with Gasteiger partial charge in [-0.25, -0.2) is 12.8 Å². The van der Waals surface area contributed by atoms with Crippen molar-refractivity contribution in [3.63, 3.8) is 0 Å². The fourth-order valence-corrected chi connectivity index (χ4v) is 4.23. The molecular weight excluding hydrogens is 364 g/mol.